The third-order valence-electron chi connectivity index (χ3n) is 3.00. The Morgan fingerprint density at radius 1 is 1.22 bits per heavy atom. The highest BCUT2D eigenvalue weighted by molar-refractivity contribution is 5.29. The molecule has 0 unspecified atom stereocenters. The number of nitrogens with one attached hydrogen (secondary N) is 1. The molecule has 1 N–H and O–H groups in total. The van der Waals surface area contributed by atoms with E-state index >= 15 is 0 Å². The molecular weight excluding hydrogens is 224 g/mol. The van der Waals surface area contributed by atoms with E-state index in [1.54, 1.807) is 0 Å². The molecule has 0 aliphatic carbocycles. The summed E-state index contributed by atoms with van der Waals surface area (Å²) in [5.41, 5.74) is 2.07. The van der Waals surface area contributed by atoms with E-state index in [0.717, 1.165) is 49.5 Å². The molecule has 0 spiro atoms. The van der Waals surface area contributed by atoms with E-state index in [-0.39, 0.29) is 0 Å². The maximum absolute atomic E-state index is 6.03. The van der Waals surface area contributed by atoms with E-state index in [1.807, 2.05) is 19.1 Å². The Kier molecular flexibility index (Phi) is 6.73. The van der Waals surface area contributed by atoms with Gasteiger partial charge in [0.05, 0.1) is 11.8 Å². The first-order valence-corrected chi connectivity index (χ1v) is 7.05. The van der Waals surface area contributed by atoms with Gasteiger partial charge in [-0.2, -0.15) is 0 Å². The van der Waals surface area contributed by atoms with Crippen molar-refractivity contribution in [3.05, 3.63) is 23.5 Å². The van der Waals surface area contributed by atoms with Gasteiger partial charge in [0.25, 0.3) is 0 Å². The molecule has 0 atom stereocenters. The largest absolute Gasteiger partial charge is 0.488 e. The Morgan fingerprint density at radius 3 is 2.56 bits per heavy atom. The molecule has 0 fully saturated rings. The minimum atomic E-state index is 0.291. The first-order chi connectivity index (χ1) is 8.71. The molecule has 0 radical (unpaired) electrons. The van der Waals surface area contributed by atoms with Crippen molar-refractivity contribution in [2.75, 3.05) is 6.54 Å². The van der Waals surface area contributed by atoms with Gasteiger partial charge in [0.15, 0.2) is 0 Å². The first-order valence-electron chi connectivity index (χ1n) is 7.05. The van der Waals surface area contributed by atoms with Crippen LogP contribution in [0, 0.1) is 6.92 Å². The third kappa shape index (κ3) is 4.65. The number of nitrogens with zero attached hydrogens (tertiary/aromatic N) is 1. The number of hydrogen-bond donors (Lipinski definition) is 1. The molecule has 0 aliphatic heterocycles. The Hall–Kier alpha value is -1.09. The average Bonchev–Trinajstić information content (AvgIpc) is 2.38. The zero-order chi connectivity index (χ0) is 13.4. The summed E-state index contributed by atoms with van der Waals surface area (Å²) < 4.78 is 6.03. The van der Waals surface area contributed by atoms with Crippen LogP contribution in [-0.2, 0) is 6.54 Å². The molecule has 18 heavy (non-hydrogen) atoms. The van der Waals surface area contributed by atoms with Gasteiger partial charge in [-0.3, -0.25) is 4.98 Å². The third-order valence-corrected chi connectivity index (χ3v) is 3.00. The van der Waals surface area contributed by atoms with Gasteiger partial charge in [-0.05, 0) is 44.9 Å². The van der Waals surface area contributed by atoms with Gasteiger partial charge in [0, 0.05) is 12.2 Å². The molecule has 0 saturated heterocycles. The van der Waals surface area contributed by atoms with Crippen molar-refractivity contribution in [3.8, 4) is 5.75 Å². The van der Waals surface area contributed by atoms with Crippen LogP contribution in [0.4, 0.5) is 0 Å². The van der Waals surface area contributed by atoms with Gasteiger partial charge in [-0.15, -0.1) is 0 Å². The van der Waals surface area contributed by atoms with Gasteiger partial charge in [0.2, 0.25) is 0 Å². The van der Waals surface area contributed by atoms with Crippen molar-refractivity contribution in [1.82, 2.24) is 10.3 Å². The number of ether oxygens (including phenoxy) is 1. The van der Waals surface area contributed by atoms with Crippen molar-refractivity contribution >= 4 is 0 Å². The van der Waals surface area contributed by atoms with Gasteiger partial charge >= 0.3 is 0 Å². The normalized spacial score (nSPS) is 10.9. The van der Waals surface area contributed by atoms with Crippen molar-refractivity contribution in [1.29, 1.82) is 0 Å². The Bertz CT molecular complexity index is 348. The van der Waals surface area contributed by atoms with E-state index in [1.165, 1.54) is 0 Å². The summed E-state index contributed by atoms with van der Waals surface area (Å²) in [6.07, 6.45) is 3.49. The second-order valence-electron chi connectivity index (χ2n) is 4.63. The van der Waals surface area contributed by atoms with E-state index in [4.69, 9.17) is 4.74 Å². The van der Waals surface area contributed by atoms with Crippen molar-refractivity contribution in [2.45, 2.75) is 59.6 Å². The van der Waals surface area contributed by atoms with Crippen LogP contribution >= 0.6 is 0 Å². The molecule has 0 saturated carbocycles. The Morgan fingerprint density at radius 2 is 1.94 bits per heavy atom. The minimum absolute atomic E-state index is 0.291. The molecule has 1 rings (SSSR count). The summed E-state index contributed by atoms with van der Waals surface area (Å²) >= 11 is 0. The fraction of sp³-hybridized carbons (Fsp3) is 0.667. The topological polar surface area (TPSA) is 34.2 Å². The highest BCUT2D eigenvalue weighted by Crippen LogP contribution is 2.20. The van der Waals surface area contributed by atoms with Crippen LogP contribution in [0.5, 0.6) is 5.75 Å². The van der Waals surface area contributed by atoms with Gasteiger partial charge < -0.3 is 10.1 Å². The molecule has 3 heteroatoms. The molecule has 102 valence electrons. The minimum Gasteiger partial charge on any atom is -0.488 e. The number of hydrogen-bond acceptors (Lipinski definition) is 3. The Balaban J connectivity index is 2.75. The Labute approximate surface area is 111 Å². The highest BCUT2D eigenvalue weighted by Gasteiger charge is 2.10. The van der Waals surface area contributed by atoms with Gasteiger partial charge in [0.1, 0.15) is 5.75 Å². The molecule has 0 aromatic carbocycles. The molecule has 0 bridgehead atoms. The van der Waals surface area contributed by atoms with Crippen molar-refractivity contribution in [3.63, 3.8) is 0 Å². The van der Waals surface area contributed by atoms with Crippen molar-refractivity contribution in [2.24, 2.45) is 0 Å². The van der Waals surface area contributed by atoms with E-state index in [9.17, 15) is 0 Å². The lowest BCUT2D eigenvalue weighted by Crippen LogP contribution is -2.19. The van der Waals surface area contributed by atoms with Crippen LogP contribution in [0.1, 0.15) is 51.4 Å². The summed E-state index contributed by atoms with van der Waals surface area (Å²) in [5.74, 6) is 0.929. The quantitative estimate of drug-likeness (QED) is 0.717. The lowest BCUT2D eigenvalue weighted by molar-refractivity contribution is 0.189. The predicted molar refractivity (Wildman–Crippen MR) is 76.0 cm³/mol. The molecule has 1 aromatic rings. The van der Waals surface area contributed by atoms with Crippen LogP contribution in [0.2, 0.25) is 0 Å². The molecule has 1 heterocycles. The zero-order valence-corrected chi connectivity index (χ0v) is 12.1. The zero-order valence-electron chi connectivity index (χ0n) is 12.1. The predicted octanol–water partition coefficient (Wildman–Crippen LogP) is 3.46. The van der Waals surface area contributed by atoms with Crippen LogP contribution in [-0.4, -0.2) is 17.6 Å². The molecule has 0 aliphatic rings. The van der Waals surface area contributed by atoms with E-state index in [2.05, 4.69) is 31.1 Å². The molecule has 1 aromatic heterocycles. The average molecular weight is 250 g/mol. The lowest BCUT2D eigenvalue weighted by Gasteiger charge is -2.18. The number of aromatic nitrogens is 1. The molecular formula is C15H26N2O. The monoisotopic (exact) mass is 250 g/mol. The summed E-state index contributed by atoms with van der Waals surface area (Å²) in [6, 6.07) is 4.06. The summed E-state index contributed by atoms with van der Waals surface area (Å²) in [4.78, 5) is 4.58. The highest BCUT2D eigenvalue weighted by atomic mass is 16.5. The lowest BCUT2D eigenvalue weighted by atomic mass is 10.2. The first kappa shape index (κ1) is 15.0. The standard InChI is InChI=1S/C15H26N2O/c1-5-10-16-11-14-15(9-8-12(4)17-14)18-13(6-2)7-3/h8-9,13,16H,5-7,10-11H2,1-4H3. The maximum Gasteiger partial charge on any atom is 0.142 e. The van der Waals surface area contributed by atoms with Crippen LogP contribution in [0.25, 0.3) is 0 Å². The van der Waals surface area contributed by atoms with E-state index in [0.29, 0.717) is 6.10 Å². The second-order valence-corrected chi connectivity index (χ2v) is 4.63. The maximum atomic E-state index is 6.03. The number of aryl methyl sites for hydroxylation is 1. The van der Waals surface area contributed by atoms with Crippen LogP contribution in [0.3, 0.4) is 0 Å². The summed E-state index contributed by atoms with van der Waals surface area (Å²) in [6.45, 7) is 10.3. The van der Waals surface area contributed by atoms with Crippen LogP contribution in [0.15, 0.2) is 12.1 Å². The number of rotatable bonds is 8. The van der Waals surface area contributed by atoms with Crippen molar-refractivity contribution < 1.29 is 4.74 Å². The fourth-order valence-corrected chi connectivity index (χ4v) is 1.85. The fourth-order valence-electron chi connectivity index (χ4n) is 1.85. The smallest absolute Gasteiger partial charge is 0.142 e. The molecule has 0 amide bonds. The SMILES string of the molecule is CCCNCc1nc(C)ccc1OC(CC)CC. The van der Waals surface area contributed by atoms with E-state index < -0.39 is 0 Å². The second kappa shape index (κ2) is 8.09. The summed E-state index contributed by atoms with van der Waals surface area (Å²) in [7, 11) is 0. The summed E-state index contributed by atoms with van der Waals surface area (Å²) in [5, 5.41) is 3.39. The van der Waals surface area contributed by atoms with Gasteiger partial charge in [-0.1, -0.05) is 20.8 Å². The molecule has 3 nitrogen and oxygen atoms in total. The number of pyridine rings is 1. The van der Waals surface area contributed by atoms with Gasteiger partial charge in [-0.25, -0.2) is 0 Å². The van der Waals surface area contributed by atoms with Crippen LogP contribution < -0.4 is 10.1 Å².